The number of hydrogen-bond donors (Lipinski definition) is 14. The van der Waals surface area contributed by atoms with Crippen molar-refractivity contribution in [3.8, 4) is 0 Å². The molecule has 0 aromatic carbocycles. The largest absolute Gasteiger partial charge is 0.668 e. The smallest absolute Gasteiger partial charge is 0.187 e. The summed E-state index contributed by atoms with van der Waals surface area (Å²) < 4.78 is 56.2. The second-order valence-corrected chi connectivity index (χ2v) is 14.6. The van der Waals surface area contributed by atoms with Gasteiger partial charge in [0.05, 0.1) is 45.2 Å². The van der Waals surface area contributed by atoms with E-state index in [0.29, 0.717) is 0 Å². The minimum atomic E-state index is -2.05. The first-order chi connectivity index (χ1) is 27.5. The summed E-state index contributed by atoms with van der Waals surface area (Å²) in [5.41, 5.74) is 8.98. The zero-order chi connectivity index (χ0) is 42.7. The molecule has 5 aliphatic rings. The van der Waals surface area contributed by atoms with Gasteiger partial charge in [-0.25, -0.2) is 0 Å². The molecule has 341 valence electrons. The summed E-state index contributed by atoms with van der Waals surface area (Å²) in [6.07, 6.45) is -40.4. The molecule has 5 fully saturated rings. The van der Waals surface area contributed by atoms with Crippen LogP contribution in [0.2, 0.25) is 0 Å². The van der Waals surface area contributed by atoms with Gasteiger partial charge in [-0.1, -0.05) is 12.1 Å². The Morgan fingerprint density at radius 3 is 1.49 bits per heavy atom. The molecule has 15 N–H and O–H groups in total. The molecule has 0 spiro atoms. The molecule has 59 heavy (non-hydrogen) atoms. The van der Waals surface area contributed by atoms with Gasteiger partial charge in [-0.2, -0.15) is 0 Å². The van der Waals surface area contributed by atoms with E-state index in [9.17, 15) is 71.5 Å². The van der Waals surface area contributed by atoms with E-state index in [-0.39, 0.29) is 50.7 Å². The number of nitrogens with one attached hydrogen (secondary N) is 1. The van der Waals surface area contributed by atoms with E-state index in [1.54, 1.807) is 0 Å². The minimum absolute atomic E-state index is 0. The van der Waals surface area contributed by atoms with Crippen LogP contribution < -0.4 is 0 Å². The molecular formula is C33H56AcNO24-. The number of rotatable bonds is 15. The molecule has 25 nitrogen and oxygen atoms in total. The quantitative estimate of drug-likeness (QED) is 0.0677. The Balaban J connectivity index is 0.00000769. The molecular weight excluding hydrogens is 1020 g/mol. The van der Waals surface area contributed by atoms with Crippen LogP contribution in [0.15, 0.2) is 12.7 Å². The SMILES string of the molecule is C=CCO[C@@H]1OC(CO)[C@H](O[C@H]2OC(CO)[C@H](O)C(OC3OC(CO)[C@H](O)C(O[C@@H]4OC(CO)[C@H](O)C(O)C4O[C@@H]4OC(C)[C@@H](O)C(O)C4O)C3[NH-])C2O)C(O)C1O.[Ac]. The van der Waals surface area contributed by atoms with Crippen LogP contribution in [0.5, 0.6) is 0 Å². The second kappa shape index (κ2) is 22.9. The van der Waals surface area contributed by atoms with Crippen molar-refractivity contribution in [1.29, 1.82) is 0 Å². The molecule has 5 heterocycles. The third-order valence-electron chi connectivity index (χ3n) is 10.7. The van der Waals surface area contributed by atoms with Gasteiger partial charge in [-0.05, 0) is 6.92 Å². The average molecular weight is 1080 g/mol. The Bertz CT molecular complexity index is 1280. The molecule has 0 amide bonds. The molecule has 5 aliphatic heterocycles. The van der Waals surface area contributed by atoms with Crippen LogP contribution in [0.3, 0.4) is 0 Å². The maximum atomic E-state index is 11.4. The summed E-state index contributed by atoms with van der Waals surface area (Å²) >= 11 is 0. The van der Waals surface area contributed by atoms with E-state index < -0.39 is 180 Å². The van der Waals surface area contributed by atoms with Gasteiger partial charge in [0, 0.05) is 44.1 Å². The molecule has 16 unspecified atom stereocenters. The predicted octanol–water partition coefficient (Wildman–Crippen LogP) is -8.63. The summed E-state index contributed by atoms with van der Waals surface area (Å²) in [4.78, 5) is 0. The third-order valence-corrected chi connectivity index (χ3v) is 10.7. The zero-order valence-corrected chi connectivity index (χ0v) is 36.4. The number of aliphatic hydroxyl groups excluding tert-OH is 14. The van der Waals surface area contributed by atoms with Crippen molar-refractivity contribution in [2.75, 3.05) is 33.0 Å². The van der Waals surface area contributed by atoms with Crippen LogP contribution in [0, 0.1) is 44.1 Å². The molecule has 0 aromatic rings. The maximum Gasteiger partial charge on any atom is 0.187 e. The Morgan fingerprint density at radius 1 is 0.458 bits per heavy atom. The van der Waals surface area contributed by atoms with Gasteiger partial charge in [-0.3, -0.25) is 0 Å². The summed E-state index contributed by atoms with van der Waals surface area (Å²) in [5, 5.41) is 148. The van der Waals surface area contributed by atoms with Gasteiger partial charge in [0.1, 0.15) is 110 Å². The van der Waals surface area contributed by atoms with Crippen LogP contribution in [0.4, 0.5) is 0 Å². The Hall–Kier alpha value is 0.182. The Morgan fingerprint density at radius 2 is 0.898 bits per heavy atom. The normalized spacial score (nSPS) is 50.8. The second-order valence-electron chi connectivity index (χ2n) is 14.6. The molecule has 0 aliphatic carbocycles. The first kappa shape index (κ1) is 51.8. The predicted molar refractivity (Wildman–Crippen MR) is 181 cm³/mol. The van der Waals surface area contributed by atoms with Crippen molar-refractivity contribution in [2.45, 2.75) is 160 Å². The van der Waals surface area contributed by atoms with Crippen LogP contribution >= 0.6 is 0 Å². The number of aliphatic hydroxyl groups is 14. The van der Waals surface area contributed by atoms with Crippen molar-refractivity contribution in [2.24, 2.45) is 0 Å². The fourth-order valence-electron chi connectivity index (χ4n) is 7.25. The summed E-state index contributed by atoms with van der Waals surface area (Å²) in [5.74, 6) is 0. The number of hydrogen-bond acceptors (Lipinski definition) is 24. The van der Waals surface area contributed by atoms with Gasteiger partial charge in [0.25, 0.3) is 0 Å². The molecule has 1 radical (unpaired) electrons. The molecule has 5 rings (SSSR count). The molecule has 0 saturated carbocycles. The van der Waals surface area contributed by atoms with E-state index in [1.807, 2.05) is 0 Å². The average Bonchev–Trinajstić information content (AvgIpc) is 3.21. The number of ether oxygens (including phenoxy) is 10. The van der Waals surface area contributed by atoms with Gasteiger partial charge in [0.2, 0.25) is 0 Å². The zero-order valence-electron chi connectivity index (χ0n) is 31.7. The first-order valence-electron chi connectivity index (χ1n) is 18.6. The fraction of sp³-hybridized carbons (Fsp3) is 0.939. The van der Waals surface area contributed by atoms with E-state index in [0.717, 1.165) is 0 Å². The maximum absolute atomic E-state index is 11.4. The van der Waals surface area contributed by atoms with Crippen molar-refractivity contribution >= 4 is 0 Å². The summed E-state index contributed by atoms with van der Waals surface area (Å²) in [6, 6.07) is -1.91. The summed E-state index contributed by atoms with van der Waals surface area (Å²) in [7, 11) is 0. The molecule has 26 heteroatoms. The van der Waals surface area contributed by atoms with E-state index >= 15 is 0 Å². The first-order valence-corrected chi connectivity index (χ1v) is 18.6. The van der Waals surface area contributed by atoms with Crippen LogP contribution in [-0.4, -0.2) is 258 Å². The van der Waals surface area contributed by atoms with Crippen molar-refractivity contribution in [3.63, 3.8) is 0 Å². The fourth-order valence-corrected chi connectivity index (χ4v) is 7.25. The Labute approximate surface area is 372 Å². The summed E-state index contributed by atoms with van der Waals surface area (Å²) in [6.45, 7) is 1.21. The van der Waals surface area contributed by atoms with Gasteiger partial charge >= 0.3 is 0 Å². The molecule has 5 saturated heterocycles. The van der Waals surface area contributed by atoms with Crippen LogP contribution in [0.1, 0.15) is 6.92 Å². The van der Waals surface area contributed by atoms with Gasteiger partial charge < -0.3 is 125 Å². The van der Waals surface area contributed by atoms with Gasteiger partial charge in [0.15, 0.2) is 25.2 Å². The standard InChI is InChI=1S/C33H56NO24.Ac/c1-3-4-49-30-23(47)21(45)25(13(8-38)54-30)55-32-24(48)27(18(42)12(7-37)52-32)57-29-14(34)26(17(41)11(6-36)51-29)56-33-28(20(44)16(40)10(5-35)53-33)58-31-22(46)19(43)15(39)9(2)50-31;/h3,9-48H,1,4-8H2,2H3;/q-1;/t9?,10?,11?,12?,13?,14?,15-,16+,17+,18+,19?,20?,21?,22?,23?,24?,25+,26?,27?,28?,29?,30-,31+,32-,33+;/m1./s1. The van der Waals surface area contributed by atoms with Crippen molar-refractivity contribution in [3.05, 3.63) is 18.4 Å². The topological polar surface area (TPSA) is 399 Å². The van der Waals surface area contributed by atoms with E-state index in [4.69, 9.17) is 53.1 Å². The molecule has 0 aromatic heterocycles. The van der Waals surface area contributed by atoms with E-state index in [1.165, 1.54) is 13.0 Å². The Kier molecular flexibility index (Phi) is 20.1. The third kappa shape index (κ3) is 11.2. The molecule has 0 bridgehead atoms. The van der Waals surface area contributed by atoms with E-state index in [2.05, 4.69) is 6.58 Å². The van der Waals surface area contributed by atoms with Crippen LogP contribution in [-0.2, 0) is 47.4 Å². The van der Waals surface area contributed by atoms with Gasteiger partial charge in [-0.15, -0.1) is 6.58 Å². The molecule has 25 atom stereocenters. The van der Waals surface area contributed by atoms with Crippen molar-refractivity contribution < 1.29 is 163 Å². The minimum Gasteiger partial charge on any atom is -0.668 e. The monoisotopic (exact) mass is 1080 g/mol. The van der Waals surface area contributed by atoms with Crippen LogP contribution in [0.25, 0.3) is 5.73 Å². The van der Waals surface area contributed by atoms with Crippen molar-refractivity contribution in [1.82, 2.24) is 0 Å².